The Morgan fingerprint density at radius 3 is 2.48 bits per heavy atom. The predicted octanol–water partition coefficient (Wildman–Crippen LogP) is 3.66. The second-order valence-electron chi connectivity index (χ2n) is 10.1. The first-order valence-corrected chi connectivity index (χ1v) is 13.5. The van der Waals surface area contributed by atoms with Gasteiger partial charge in [-0.15, -0.1) is 11.3 Å². The highest BCUT2D eigenvalue weighted by Crippen LogP contribution is 2.53. The van der Waals surface area contributed by atoms with Gasteiger partial charge in [-0.25, -0.2) is 9.78 Å². The number of rotatable bonds is 8. The summed E-state index contributed by atoms with van der Waals surface area (Å²) in [5, 5.41) is 2.15. The van der Waals surface area contributed by atoms with Crippen molar-refractivity contribution < 1.29 is 5.73 Å². The lowest BCUT2D eigenvalue weighted by atomic mass is 9.70. The Morgan fingerprint density at radius 1 is 1.15 bits per heavy atom. The van der Waals surface area contributed by atoms with Crippen molar-refractivity contribution in [2.45, 2.75) is 83.8 Å². The molecule has 2 bridgehead atoms. The topological polar surface area (TPSA) is 100 Å². The van der Waals surface area contributed by atoms with E-state index in [1.54, 1.807) is 4.57 Å². The van der Waals surface area contributed by atoms with Gasteiger partial charge in [0.1, 0.15) is 17.4 Å². The number of nitrogens with one attached hydrogen (secondary N) is 1. The maximum atomic E-state index is 13.1. The molecule has 3 aromatic heterocycles. The Labute approximate surface area is 198 Å². The van der Waals surface area contributed by atoms with E-state index in [1.807, 2.05) is 25.2 Å². The summed E-state index contributed by atoms with van der Waals surface area (Å²) in [6.07, 6.45) is 7.53. The zero-order valence-corrected chi connectivity index (χ0v) is 20.6. The van der Waals surface area contributed by atoms with Gasteiger partial charge in [0.25, 0.3) is 5.56 Å². The smallest absolute Gasteiger partial charge is 0.332 e. The molecule has 0 saturated heterocycles. The van der Waals surface area contributed by atoms with Gasteiger partial charge >= 0.3 is 5.69 Å². The van der Waals surface area contributed by atoms with E-state index < -0.39 is 0 Å². The van der Waals surface area contributed by atoms with Crippen molar-refractivity contribution in [1.82, 2.24) is 19.1 Å². The standard InChI is InChI=1S/C25H35N5O2S/c1-3-9-29-23-21(24(31)30(10-4-2)25(29)32)27-22(28-23)17-12-15-7-8-16(13-17)18(15)14-19(26)20-6-5-11-33-20/h5-6,11,15-19H,3-4,7-10,12-14,26H2,1-2H3,(H,27,28)/p+1. The van der Waals surface area contributed by atoms with Crippen molar-refractivity contribution in [2.75, 3.05) is 0 Å². The van der Waals surface area contributed by atoms with E-state index in [1.165, 1.54) is 28.7 Å². The van der Waals surface area contributed by atoms with Gasteiger partial charge in [-0.05, 0) is 67.7 Å². The van der Waals surface area contributed by atoms with E-state index in [2.05, 4.69) is 28.2 Å². The van der Waals surface area contributed by atoms with Crippen molar-refractivity contribution in [1.29, 1.82) is 0 Å². The number of hydrogen-bond acceptors (Lipinski definition) is 4. The Balaban J connectivity index is 1.43. The number of imidazole rings is 1. The number of aromatic amines is 1. The quantitative estimate of drug-likeness (QED) is 0.525. The minimum Gasteiger partial charge on any atom is -0.351 e. The maximum absolute atomic E-state index is 13.1. The molecule has 5 rings (SSSR count). The van der Waals surface area contributed by atoms with Crippen LogP contribution in [0.4, 0.5) is 0 Å². The highest BCUT2D eigenvalue weighted by molar-refractivity contribution is 7.10. The Hall–Kier alpha value is -2.19. The molecule has 4 N–H and O–H groups in total. The lowest BCUT2D eigenvalue weighted by Gasteiger charge is -2.35. The minimum absolute atomic E-state index is 0.226. The number of fused-ring (bicyclic) bond motifs is 3. The van der Waals surface area contributed by atoms with E-state index in [0.717, 1.165) is 37.4 Å². The fourth-order valence-electron chi connectivity index (χ4n) is 6.45. The molecule has 178 valence electrons. The normalized spacial score (nSPS) is 25.7. The zero-order valence-electron chi connectivity index (χ0n) is 19.8. The largest absolute Gasteiger partial charge is 0.351 e. The van der Waals surface area contributed by atoms with E-state index >= 15 is 0 Å². The minimum atomic E-state index is -0.229. The van der Waals surface area contributed by atoms with Gasteiger partial charge < -0.3 is 10.7 Å². The molecule has 0 radical (unpaired) electrons. The third kappa shape index (κ3) is 4.01. The Kier molecular flexibility index (Phi) is 6.31. The van der Waals surface area contributed by atoms with Crippen LogP contribution in [0.3, 0.4) is 0 Å². The molecule has 2 aliphatic carbocycles. The summed E-state index contributed by atoms with van der Waals surface area (Å²) in [5.74, 6) is 3.36. The van der Waals surface area contributed by atoms with Crippen LogP contribution in [0.2, 0.25) is 0 Å². The number of quaternary nitrogens is 1. The van der Waals surface area contributed by atoms with Crippen LogP contribution in [0.25, 0.3) is 11.2 Å². The van der Waals surface area contributed by atoms with Crippen LogP contribution in [0.15, 0.2) is 27.1 Å². The summed E-state index contributed by atoms with van der Waals surface area (Å²) in [6.45, 7) is 5.06. The molecule has 0 spiro atoms. The molecule has 7 nitrogen and oxygen atoms in total. The summed E-state index contributed by atoms with van der Waals surface area (Å²) < 4.78 is 3.07. The summed E-state index contributed by atoms with van der Waals surface area (Å²) in [5.41, 5.74) is 5.05. The SMILES string of the molecule is CCCn1c(=O)c2[nH]c(C3CC4CCC(C3)C4CC([NH3+])c3cccs3)nc2n(CCC)c1=O. The average molecular weight is 471 g/mol. The summed E-state index contributed by atoms with van der Waals surface area (Å²) in [4.78, 5) is 35.8. The van der Waals surface area contributed by atoms with Gasteiger partial charge in [0.15, 0.2) is 5.65 Å². The predicted molar refractivity (Wildman–Crippen MR) is 131 cm³/mol. The first-order valence-electron chi connectivity index (χ1n) is 12.6. The van der Waals surface area contributed by atoms with Crippen molar-refractivity contribution in [3.05, 3.63) is 49.1 Å². The van der Waals surface area contributed by atoms with Crippen molar-refractivity contribution in [3.8, 4) is 0 Å². The van der Waals surface area contributed by atoms with E-state index in [-0.39, 0.29) is 11.2 Å². The number of H-pyrrole nitrogens is 1. The number of aromatic nitrogens is 4. The average Bonchev–Trinajstić information content (AvgIpc) is 3.53. The summed E-state index contributed by atoms with van der Waals surface area (Å²) >= 11 is 1.82. The Bertz CT molecular complexity index is 1210. The van der Waals surface area contributed by atoms with Gasteiger partial charge in [0.2, 0.25) is 0 Å². The number of aryl methyl sites for hydroxylation is 1. The second-order valence-corrected chi connectivity index (χ2v) is 11.1. The highest BCUT2D eigenvalue weighted by atomic mass is 32.1. The van der Waals surface area contributed by atoms with Gasteiger partial charge in [-0.2, -0.15) is 0 Å². The first-order chi connectivity index (χ1) is 16.0. The van der Waals surface area contributed by atoms with Gasteiger partial charge in [0.05, 0.1) is 4.88 Å². The number of hydrogen-bond donors (Lipinski definition) is 2. The van der Waals surface area contributed by atoms with Crippen LogP contribution in [0.5, 0.6) is 0 Å². The first kappa shape index (κ1) is 22.6. The molecular formula is C25H36N5O2S+. The maximum Gasteiger partial charge on any atom is 0.332 e. The molecule has 3 unspecified atom stereocenters. The van der Waals surface area contributed by atoms with E-state index in [4.69, 9.17) is 4.98 Å². The molecule has 33 heavy (non-hydrogen) atoms. The molecule has 8 heteroatoms. The molecule has 3 heterocycles. The fraction of sp³-hybridized carbons (Fsp3) is 0.640. The number of nitrogens with zero attached hydrogens (tertiary/aromatic N) is 3. The molecule has 0 amide bonds. The molecule has 0 aromatic carbocycles. The molecular weight excluding hydrogens is 434 g/mol. The molecule has 0 aliphatic heterocycles. The fourth-order valence-corrected chi connectivity index (χ4v) is 7.21. The second kappa shape index (κ2) is 9.22. The van der Waals surface area contributed by atoms with Crippen LogP contribution in [-0.2, 0) is 13.1 Å². The zero-order chi connectivity index (χ0) is 23.1. The number of thiophene rings is 1. The van der Waals surface area contributed by atoms with Gasteiger partial charge in [-0.3, -0.25) is 13.9 Å². The molecule has 3 atom stereocenters. The van der Waals surface area contributed by atoms with Gasteiger partial charge in [-0.1, -0.05) is 19.9 Å². The molecule has 3 aromatic rings. The molecule has 2 aliphatic rings. The summed E-state index contributed by atoms with van der Waals surface area (Å²) in [7, 11) is 0. The third-order valence-electron chi connectivity index (χ3n) is 7.96. The van der Waals surface area contributed by atoms with Crippen LogP contribution in [0.1, 0.15) is 81.5 Å². The van der Waals surface area contributed by atoms with Gasteiger partial charge in [0, 0.05) is 25.4 Å². The molecule has 2 saturated carbocycles. The van der Waals surface area contributed by atoms with Crippen LogP contribution >= 0.6 is 11.3 Å². The van der Waals surface area contributed by atoms with Crippen molar-refractivity contribution >= 4 is 22.5 Å². The summed E-state index contributed by atoms with van der Waals surface area (Å²) in [6, 6.07) is 4.71. The lowest BCUT2D eigenvalue weighted by Crippen LogP contribution is -2.54. The lowest BCUT2D eigenvalue weighted by molar-refractivity contribution is -0.430. The van der Waals surface area contributed by atoms with Crippen LogP contribution in [0, 0.1) is 17.8 Å². The van der Waals surface area contributed by atoms with Crippen molar-refractivity contribution in [2.24, 2.45) is 17.8 Å². The van der Waals surface area contributed by atoms with Crippen molar-refractivity contribution in [3.63, 3.8) is 0 Å². The molecule has 2 fully saturated rings. The van der Waals surface area contributed by atoms with E-state index in [9.17, 15) is 9.59 Å². The van der Waals surface area contributed by atoms with E-state index in [0.29, 0.717) is 48.0 Å². The van der Waals surface area contributed by atoms with Crippen LogP contribution < -0.4 is 17.0 Å². The Morgan fingerprint density at radius 2 is 1.85 bits per heavy atom. The van der Waals surface area contributed by atoms with Crippen LogP contribution in [-0.4, -0.2) is 19.1 Å². The highest BCUT2D eigenvalue weighted by Gasteiger charge is 2.44. The monoisotopic (exact) mass is 470 g/mol. The third-order valence-corrected chi connectivity index (χ3v) is 8.99.